The highest BCUT2D eigenvalue weighted by molar-refractivity contribution is 8.14. The number of amides is 1. The van der Waals surface area contributed by atoms with Crippen molar-refractivity contribution in [1.82, 2.24) is 31.1 Å². The quantitative estimate of drug-likeness (QED) is 0.416. The average molecular weight is 482 g/mol. The number of H-pyrrole nitrogens is 1. The van der Waals surface area contributed by atoms with E-state index in [0.29, 0.717) is 12.4 Å². The third kappa shape index (κ3) is 4.73. The first-order chi connectivity index (χ1) is 17.2. The number of benzene rings is 3. The molecule has 1 atom stereocenters. The monoisotopic (exact) mass is 481 g/mol. The van der Waals surface area contributed by atoms with E-state index >= 15 is 0 Å². The molecule has 2 aliphatic rings. The lowest BCUT2D eigenvalue weighted by Crippen LogP contribution is -2.35. The van der Waals surface area contributed by atoms with E-state index in [2.05, 4.69) is 73.5 Å². The minimum absolute atomic E-state index is 0.0126. The predicted molar refractivity (Wildman–Crippen MR) is 136 cm³/mol. The minimum atomic E-state index is -0.0126. The van der Waals surface area contributed by atoms with Crippen molar-refractivity contribution >= 4 is 22.8 Å². The highest BCUT2D eigenvalue weighted by atomic mass is 32.2. The Kier molecular flexibility index (Phi) is 5.85. The SMILES string of the molecule is O=C(N=C1SC(c2ccccc2)NN1Cc1ccc(-c2ccccc2-c2nn[nH]n2)cc1)C1CC1. The highest BCUT2D eigenvalue weighted by Crippen LogP contribution is 2.37. The smallest absolute Gasteiger partial charge is 0.251 e. The van der Waals surface area contributed by atoms with Crippen LogP contribution in [-0.2, 0) is 11.3 Å². The van der Waals surface area contributed by atoms with E-state index in [1.165, 1.54) is 0 Å². The molecule has 1 aromatic heterocycles. The summed E-state index contributed by atoms with van der Waals surface area (Å²) in [6.07, 6.45) is 1.89. The third-order valence-corrected chi connectivity index (χ3v) is 7.22. The maximum Gasteiger partial charge on any atom is 0.251 e. The van der Waals surface area contributed by atoms with E-state index in [-0.39, 0.29) is 17.2 Å². The number of carbonyl (C=O) groups is 1. The molecular weight excluding hydrogens is 458 g/mol. The van der Waals surface area contributed by atoms with E-state index in [0.717, 1.165) is 45.8 Å². The van der Waals surface area contributed by atoms with Gasteiger partial charge in [0.25, 0.3) is 5.91 Å². The van der Waals surface area contributed by atoms with E-state index in [4.69, 9.17) is 0 Å². The van der Waals surface area contributed by atoms with Crippen LogP contribution in [0.2, 0.25) is 0 Å². The summed E-state index contributed by atoms with van der Waals surface area (Å²) in [6, 6.07) is 26.6. The molecule has 0 spiro atoms. The van der Waals surface area contributed by atoms with Gasteiger partial charge in [0.2, 0.25) is 5.82 Å². The zero-order chi connectivity index (χ0) is 23.6. The summed E-state index contributed by atoms with van der Waals surface area (Å²) in [5, 5.41) is 17.2. The van der Waals surface area contributed by atoms with Crippen molar-refractivity contribution in [1.29, 1.82) is 0 Å². The Morgan fingerprint density at radius 2 is 1.71 bits per heavy atom. The van der Waals surface area contributed by atoms with Gasteiger partial charge in [0, 0.05) is 11.5 Å². The maximum absolute atomic E-state index is 12.5. The van der Waals surface area contributed by atoms with Crippen LogP contribution in [-0.4, -0.2) is 36.7 Å². The number of rotatable bonds is 6. The van der Waals surface area contributed by atoms with Crippen LogP contribution in [0.1, 0.15) is 29.3 Å². The number of hydrogen-bond acceptors (Lipinski definition) is 6. The van der Waals surface area contributed by atoms with Gasteiger partial charge in [-0.2, -0.15) is 10.2 Å². The van der Waals surface area contributed by atoms with E-state index in [1.807, 2.05) is 41.4 Å². The lowest BCUT2D eigenvalue weighted by atomic mass is 9.98. The molecule has 1 amide bonds. The molecule has 3 aromatic carbocycles. The lowest BCUT2D eigenvalue weighted by Gasteiger charge is -2.19. The molecule has 2 heterocycles. The Labute approximate surface area is 206 Å². The molecule has 1 aliphatic carbocycles. The summed E-state index contributed by atoms with van der Waals surface area (Å²) in [7, 11) is 0. The van der Waals surface area contributed by atoms with Crippen molar-refractivity contribution in [3.05, 3.63) is 90.0 Å². The lowest BCUT2D eigenvalue weighted by molar-refractivity contribution is -0.118. The summed E-state index contributed by atoms with van der Waals surface area (Å²) >= 11 is 1.59. The molecule has 4 aromatic rings. The highest BCUT2D eigenvalue weighted by Gasteiger charge is 2.34. The Balaban J connectivity index is 1.24. The fourth-order valence-corrected chi connectivity index (χ4v) is 5.13. The Hall–Kier alpha value is -3.82. The molecule has 1 unspecified atom stereocenters. The average Bonchev–Trinajstić information content (AvgIpc) is 3.48. The molecule has 6 rings (SSSR count). The van der Waals surface area contributed by atoms with Crippen molar-refractivity contribution in [2.75, 3.05) is 0 Å². The summed E-state index contributed by atoms with van der Waals surface area (Å²) in [5.41, 5.74) is 8.82. The molecule has 1 aliphatic heterocycles. The summed E-state index contributed by atoms with van der Waals surface area (Å²) in [4.78, 5) is 16.9. The summed E-state index contributed by atoms with van der Waals surface area (Å²) < 4.78 is 0. The molecule has 174 valence electrons. The van der Waals surface area contributed by atoms with Gasteiger partial charge in [-0.3, -0.25) is 9.80 Å². The van der Waals surface area contributed by atoms with Crippen molar-refractivity contribution in [2.45, 2.75) is 24.8 Å². The van der Waals surface area contributed by atoms with E-state index in [9.17, 15) is 4.79 Å². The van der Waals surface area contributed by atoms with E-state index < -0.39 is 0 Å². The molecule has 0 bridgehead atoms. The van der Waals surface area contributed by atoms with Gasteiger partial charge in [-0.15, -0.1) is 10.2 Å². The molecule has 0 radical (unpaired) electrons. The number of aliphatic imine (C=N–C) groups is 1. The first-order valence-electron chi connectivity index (χ1n) is 11.5. The van der Waals surface area contributed by atoms with Crippen LogP contribution >= 0.6 is 11.8 Å². The number of carbonyl (C=O) groups excluding carboxylic acids is 1. The summed E-state index contributed by atoms with van der Waals surface area (Å²) in [6.45, 7) is 0.597. The van der Waals surface area contributed by atoms with Crippen LogP contribution in [0.4, 0.5) is 0 Å². The minimum Gasteiger partial charge on any atom is -0.281 e. The molecule has 35 heavy (non-hydrogen) atoms. The first-order valence-corrected chi connectivity index (χ1v) is 12.4. The number of aromatic amines is 1. The van der Waals surface area contributed by atoms with Crippen molar-refractivity contribution in [3.8, 4) is 22.5 Å². The largest absolute Gasteiger partial charge is 0.281 e. The number of aromatic nitrogens is 4. The maximum atomic E-state index is 12.5. The van der Waals surface area contributed by atoms with Crippen LogP contribution in [0, 0.1) is 5.92 Å². The Bertz CT molecular complexity index is 1350. The van der Waals surface area contributed by atoms with Crippen LogP contribution in [0.15, 0.2) is 83.9 Å². The number of amidine groups is 1. The Morgan fingerprint density at radius 3 is 2.43 bits per heavy atom. The molecule has 1 saturated heterocycles. The number of thioether (sulfide) groups is 1. The molecule has 8 nitrogen and oxygen atoms in total. The van der Waals surface area contributed by atoms with Crippen molar-refractivity contribution in [2.24, 2.45) is 10.9 Å². The number of nitrogens with one attached hydrogen (secondary N) is 2. The zero-order valence-electron chi connectivity index (χ0n) is 18.8. The van der Waals surface area contributed by atoms with Gasteiger partial charge in [-0.1, -0.05) is 90.6 Å². The molecule has 1 saturated carbocycles. The first kappa shape index (κ1) is 21.7. The number of nitrogens with zero attached hydrogens (tertiary/aromatic N) is 5. The normalized spacial score (nSPS) is 18.8. The van der Waals surface area contributed by atoms with Crippen molar-refractivity contribution in [3.63, 3.8) is 0 Å². The van der Waals surface area contributed by atoms with Crippen LogP contribution in [0.5, 0.6) is 0 Å². The van der Waals surface area contributed by atoms with Crippen molar-refractivity contribution < 1.29 is 4.79 Å². The fraction of sp³-hybridized carbons (Fsp3) is 0.192. The van der Waals surface area contributed by atoms with Gasteiger partial charge in [0.1, 0.15) is 5.37 Å². The third-order valence-electron chi connectivity index (χ3n) is 6.08. The number of hydrazine groups is 1. The van der Waals surface area contributed by atoms with E-state index in [1.54, 1.807) is 11.8 Å². The molecule has 2 fully saturated rings. The Morgan fingerprint density at radius 1 is 0.971 bits per heavy atom. The zero-order valence-corrected chi connectivity index (χ0v) is 19.7. The van der Waals surface area contributed by atoms with Gasteiger partial charge in [-0.05, 0) is 40.3 Å². The topological polar surface area (TPSA) is 99.2 Å². The van der Waals surface area contributed by atoms with Crippen LogP contribution in [0.3, 0.4) is 0 Å². The second kappa shape index (κ2) is 9.44. The van der Waals surface area contributed by atoms with Gasteiger partial charge >= 0.3 is 0 Å². The molecular formula is C26H23N7OS. The van der Waals surface area contributed by atoms with Crippen LogP contribution in [0.25, 0.3) is 22.5 Å². The molecule has 9 heteroatoms. The van der Waals surface area contributed by atoms with Gasteiger partial charge in [0.05, 0.1) is 6.54 Å². The molecule has 2 N–H and O–H groups in total. The van der Waals surface area contributed by atoms with Gasteiger partial charge < -0.3 is 0 Å². The number of hydrogen-bond donors (Lipinski definition) is 2. The second-order valence-corrected chi connectivity index (χ2v) is 9.68. The van der Waals surface area contributed by atoms with Crippen LogP contribution < -0.4 is 5.43 Å². The standard InChI is InChI=1S/C26H23N7OS/c34-24(19-14-15-19)27-26-33(30-25(35-26)20-6-2-1-3-7-20)16-17-10-12-18(13-11-17)21-8-4-5-9-22(21)23-28-31-32-29-23/h1-13,19,25,30H,14-16H2,(H,28,29,31,32). The van der Waals surface area contributed by atoms with Gasteiger partial charge in [0.15, 0.2) is 5.17 Å². The number of tetrazole rings is 1. The van der Waals surface area contributed by atoms with Gasteiger partial charge in [-0.25, -0.2) is 5.43 Å². The second-order valence-electron chi connectivity index (χ2n) is 8.61. The predicted octanol–water partition coefficient (Wildman–Crippen LogP) is 4.58. The summed E-state index contributed by atoms with van der Waals surface area (Å²) in [5.74, 6) is 0.650. The fourth-order valence-electron chi connectivity index (χ4n) is 4.06.